The molecule has 0 spiro atoms. The summed E-state index contributed by atoms with van der Waals surface area (Å²) >= 11 is 0. The lowest BCUT2D eigenvalue weighted by molar-refractivity contribution is -0.142. The lowest BCUT2D eigenvalue weighted by atomic mass is 10.2. The van der Waals surface area contributed by atoms with E-state index in [1.165, 1.54) is 12.7 Å². The van der Waals surface area contributed by atoms with E-state index in [0.29, 0.717) is 18.8 Å². The molecule has 0 aliphatic heterocycles. The molecule has 5 nitrogen and oxygen atoms in total. The molecule has 0 radical (unpaired) electrons. The van der Waals surface area contributed by atoms with E-state index in [2.05, 4.69) is 18.6 Å². The molecule has 0 N–H and O–H groups in total. The van der Waals surface area contributed by atoms with Gasteiger partial charge in [0.05, 0.1) is 13.5 Å². The number of hydrogen-bond donors (Lipinski definition) is 0. The third-order valence-electron chi connectivity index (χ3n) is 3.64. The van der Waals surface area contributed by atoms with Gasteiger partial charge in [0.2, 0.25) is 0 Å². The third-order valence-corrected chi connectivity index (χ3v) is 3.64. The fourth-order valence-corrected chi connectivity index (χ4v) is 2.10. The number of ether oxygens (including phenoxy) is 2. The van der Waals surface area contributed by atoms with Crippen LogP contribution in [0.4, 0.5) is 0 Å². The molecule has 0 saturated heterocycles. The summed E-state index contributed by atoms with van der Waals surface area (Å²) in [4.78, 5) is 25.2. The van der Waals surface area contributed by atoms with E-state index in [1.807, 2.05) is 24.3 Å². The van der Waals surface area contributed by atoms with Crippen molar-refractivity contribution in [2.75, 3.05) is 26.8 Å². The zero-order valence-electron chi connectivity index (χ0n) is 14.3. The maximum Gasteiger partial charge on any atom is 0.307 e. The van der Waals surface area contributed by atoms with Gasteiger partial charge in [-0.2, -0.15) is 0 Å². The van der Waals surface area contributed by atoms with Gasteiger partial charge in [0.25, 0.3) is 5.91 Å². The molecule has 5 heteroatoms. The Bertz CT molecular complexity index is 484. The Morgan fingerprint density at radius 2 is 1.78 bits per heavy atom. The quantitative estimate of drug-likeness (QED) is 0.622. The molecule has 0 bridgehead atoms. The zero-order valence-corrected chi connectivity index (χ0v) is 14.3. The average Bonchev–Trinajstić information content (AvgIpc) is 2.59. The first-order valence-corrected chi connectivity index (χ1v) is 8.17. The molecule has 128 valence electrons. The lowest BCUT2D eigenvalue weighted by Gasteiger charge is -2.22. The number of benzene rings is 1. The minimum absolute atomic E-state index is 0.0175. The first-order chi connectivity index (χ1) is 11.1. The monoisotopic (exact) mass is 321 g/mol. The van der Waals surface area contributed by atoms with Crippen LogP contribution in [0.5, 0.6) is 5.75 Å². The van der Waals surface area contributed by atoms with Crippen LogP contribution >= 0.6 is 0 Å². The van der Waals surface area contributed by atoms with Gasteiger partial charge in [-0.25, -0.2) is 0 Å². The summed E-state index contributed by atoms with van der Waals surface area (Å²) in [5.74, 6) is 0.260. The summed E-state index contributed by atoms with van der Waals surface area (Å²) in [7, 11) is 1.35. The smallest absolute Gasteiger partial charge is 0.307 e. The summed E-state index contributed by atoms with van der Waals surface area (Å²) in [6.07, 6.45) is 3.06. The fraction of sp³-hybridized carbons (Fsp3) is 0.556. The largest absolute Gasteiger partial charge is 0.484 e. The number of carbonyl (C=O) groups excluding carboxylic acids is 2. The van der Waals surface area contributed by atoms with Crippen molar-refractivity contribution in [2.45, 2.75) is 39.5 Å². The van der Waals surface area contributed by atoms with Crippen molar-refractivity contribution in [1.29, 1.82) is 0 Å². The minimum Gasteiger partial charge on any atom is -0.484 e. The lowest BCUT2D eigenvalue weighted by Crippen LogP contribution is -2.37. The molecule has 0 heterocycles. The van der Waals surface area contributed by atoms with Crippen LogP contribution in [0, 0.1) is 0 Å². The molecule has 1 rings (SSSR count). The SMILES string of the molecule is CCCCN(CCC(=O)OC)C(=O)COc1ccc(CC)cc1. The van der Waals surface area contributed by atoms with Crippen molar-refractivity contribution < 1.29 is 19.1 Å². The van der Waals surface area contributed by atoms with Crippen molar-refractivity contribution in [3.05, 3.63) is 29.8 Å². The number of methoxy groups -OCH3 is 1. The van der Waals surface area contributed by atoms with Crippen molar-refractivity contribution in [2.24, 2.45) is 0 Å². The van der Waals surface area contributed by atoms with Crippen LogP contribution in [0.1, 0.15) is 38.7 Å². The van der Waals surface area contributed by atoms with Gasteiger partial charge >= 0.3 is 5.97 Å². The highest BCUT2D eigenvalue weighted by molar-refractivity contribution is 5.78. The molecule has 0 unspecified atom stereocenters. The summed E-state index contributed by atoms with van der Waals surface area (Å²) < 4.78 is 10.2. The summed E-state index contributed by atoms with van der Waals surface area (Å²) in [6, 6.07) is 7.73. The molecule has 0 atom stereocenters. The summed E-state index contributed by atoms with van der Waals surface area (Å²) in [5.41, 5.74) is 1.23. The van der Waals surface area contributed by atoms with Crippen LogP contribution < -0.4 is 4.74 Å². The van der Waals surface area contributed by atoms with Crippen LogP contribution in [0.25, 0.3) is 0 Å². The Balaban J connectivity index is 2.51. The molecule has 1 aromatic rings. The van der Waals surface area contributed by atoms with Crippen LogP contribution in [-0.4, -0.2) is 43.6 Å². The second-order valence-electron chi connectivity index (χ2n) is 5.35. The van der Waals surface area contributed by atoms with Gasteiger partial charge in [-0.15, -0.1) is 0 Å². The first kappa shape index (κ1) is 19.0. The van der Waals surface area contributed by atoms with Crippen LogP contribution in [0.2, 0.25) is 0 Å². The van der Waals surface area contributed by atoms with E-state index in [4.69, 9.17) is 4.74 Å². The Labute approximate surface area is 138 Å². The van der Waals surface area contributed by atoms with Gasteiger partial charge in [-0.1, -0.05) is 32.4 Å². The number of amides is 1. The number of hydrogen-bond acceptors (Lipinski definition) is 4. The molecule has 0 aromatic heterocycles. The molecule has 0 aliphatic rings. The number of nitrogens with zero attached hydrogens (tertiary/aromatic N) is 1. The predicted molar refractivity (Wildman–Crippen MR) is 89.4 cm³/mol. The number of aryl methyl sites for hydroxylation is 1. The second-order valence-corrected chi connectivity index (χ2v) is 5.35. The highest BCUT2D eigenvalue weighted by Crippen LogP contribution is 2.12. The fourth-order valence-electron chi connectivity index (χ4n) is 2.10. The minimum atomic E-state index is -0.310. The number of esters is 1. The molecule has 1 aromatic carbocycles. The molecular formula is C18H27NO4. The molecular weight excluding hydrogens is 294 g/mol. The Kier molecular flexibility index (Phi) is 8.80. The Morgan fingerprint density at radius 3 is 2.35 bits per heavy atom. The molecule has 0 saturated carbocycles. The number of carbonyl (C=O) groups is 2. The standard InChI is InChI=1S/C18H27NO4/c1-4-6-12-19(13-11-18(21)22-3)17(20)14-23-16-9-7-15(5-2)8-10-16/h7-10H,4-6,11-14H2,1-3H3. The normalized spacial score (nSPS) is 10.2. The van der Waals surface area contributed by atoms with E-state index in [1.54, 1.807) is 4.90 Å². The summed E-state index contributed by atoms with van der Waals surface area (Å²) in [5, 5.41) is 0. The van der Waals surface area contributed by atoms with Crippen molar-refractivity contribution in [3.8, 4) is 5.75 Å². The average molecular weight is 321 g/mol. The Morgan fingerprint density at radius 1 is 1.09 bits per heavy atom. The van der Waals surface area contributed by atoms with E-state index in [-0.39, 0.29) is 24.9 Å². The molecule has 1 amide bonds. The molecule has 23 heavy (non-hydrogen) atoms. The van der Waals surface area contributed by atoms with Gasteiger partial charge in [0.15, 0.2) is 6.61 Å². The number of rotatable bonds is 10. The molecule has 0 fully saturated rings. The van der Waals surface area contributed by atoms with Crippen molar-refractivity contribution in [3.63, 3.8) is 0 Å². The van der Waals surface area contributed by atoms with Gasteiger partial charge in [-0.3, -0.25) is 9.59 Å². The van der Waals surface area contributed by atoms with Gasteiger partial charge < -0.3 is 14.4 Å². The highest BCUT2D eigenvalue weighted by Gasteiger charge is 2.15. The second kappa shape index (κ2) is 10.6. The van der Waals surface area contributed by atoms with E-state index in [0.717, 1.165) is 19.3 Å². The van der Waals surface area contributed by atoms with Crippen molar-refractivity contribution in [1.82, 2.24) is 4.90 Å². The maximum absolute atomic E-state index is 12.3. The van der Waals surface area contributed by atoms with E-state index in [9.17, 15) is 9.59 Å². The van der Waals surface area contributed by atoms with Gasteiger partial charge in [0, 0.05) is 13.1 Å². The maximum atomic E-state index is 12.3. The van der Waals surface area contributed by atoms with E-state index < -0.39 is 0 Å². The molecule has 0 aliphatic carbocycles. The Hall–Kier alpha value is -2.04. The van der Waals surface area contributed by atoms with Gasteiger partial charge in [-0.05, 0) is 30.5 Å². The first-order valence-electron chi connectivity index (χ1n) is 8.17. The summed E-state index contributed by atoms with van der Waals surface area (Å²) in [6.45, 7) is 5.13. The van der Waals surface area contributed by atoms with E-state index >= 15 is 0 Å². The predicted octanol–water partition coefficient (Wildman–Crippen LogP) is 2.82. The zero-order chi connectivity index (χ0) is 17.1. The van der Waals surface area contributed by atoms with Crippen LogP contribution in [0.3, 0.4) is 0 Å². The van der Waals surface area contributed by atoms with Gasteiger partial charge in [0.1, 0.15) is 5.75 Å². The van der Waals surface area contributed by atoms with Crippen LogP contribution in [-0.2, 0) is 20.7 Å². The highest BCUT2D eigenvalue weighted by atomic mass is 16.5. The van der Waals surface area contributed by atoms with Crippen molar-refractivity contribution >= 4 is 11.9 Å². The van der Waals surface area contributed by atoms with Crippen LogP contribution in [0.15, 0.2) is 24.3 Å². The third kappa shape index (κ3) is 7.17. The number of unbranched alkanes of at least 4 members (excludes halogenated alkanes) is 1. The topological polar surface area (TPSA) is 55.8 Å².